The summed E-state index contributed by atoms with van der Waals surface area (Å²) in [6, 6.07) is 5.71. The molecule has 0 aliphatic carbocycles. The molecule has 2 aromatic heterocycles. The molecule has 0 spiro atoms. The van der Waals surface area contributed by atoms with Crippen LogP contribution >= 0.6 is 0 Å². The van der Waals surface area contributed by atoms with Crippen LogP contribution in [0.5, 0.6) is 0 Å². The first-order chi connectivity index (χ1) is 10.1. The summed E-state index contributed by atoms with van der Waals surface area (Å²) >= 11 is 0. The molecule has 0 bridgehead atoms. The fourth-order valence-corrected chi connectivity index (χ4v) is 2.00. The third-order valence-corrected chi connectivity index (χ3v) is 3.41. The van der Waals surface area contributed by atoms with Gasteiger partial charge in [0.1, 0.15) is 5.82 Å². The Hall–Kier alpha value is -2.01. The van der Waals surface area contributed by atoms with E-state index in [1.165, 1.54) is 0 Å². The Morgan fingerprint density at radius 2 is 1.90 bits per heavy atom. The summed E-state index contributed by atoms with van der Waals surface area (Å²) in [5, 5.41) is 12.8. The van der Waals surface area contributed by atoms with Crippen LogP contribution in [0.3, 0.4) is 0 Å². The Balaban J connectivity index is 2.34. The van der Waals surface area contributed by atoms with E-state index in [1.807, 2.05) is 18.2 Å². The van der Waals surface area contributed by atoms with Crippen LogP contribution in [0.15, 0.2) is 30.6 Å². The second-order valence-corrected chi connectivity index (χ2v) is 5.33. The summed E-state index contributed by atoms with van der Waals surface area (Å²) in [5.74, 6) is 1.75. The van der Waals surface area contributed by atoms with Gasteiger partial charge in [0, 0.05) is 29.7 Å². The van der Waals surface area contributed by atoms with Crippen LogP contribution in [-0.2, 0) is 6.42 Å². The average molecular weight is 286 g/mol. The summed E-state index contributed by atoms with van der Waals surface area (Å²) in [5.41, 5.74) is 1.91. The molecule has 0 unspecified atom stereocenters. The molecule has 2 heterocycles. The third kappa shape index (κ3) is 3.98. The zero-order valence-electron chi connectivity index (χ0n) is 12.7. The van der Waals surface area contributed by atoms with Crippen LogP contribution in [0.25, 0.3) is 11.4 Å². The van der Waals surface area contributed by atoms with Crippen molar-refractivity contribution in [2.75, 3.05) is 11.9 Å². The van der Waals surface area contributed by atoms with Gasteiger partial charge in [-0.2, -0.15) is 0 Å². The number of nitrogens with zero attached hydrogens (tertiary/aromatic N) is 3. The third-order valence-electron chi connectivity index (χ3n) is 3.41. The van der Waals surface area contributed by atoms with Gasteiger partial charge in [-0.25, -0.2) is 9.97 Å². The molecule has 5 nitrogen and oxygen atoms in total. The van der Waals surface area contributed by atoms with Crippen molar-refractivity contribution in [3.8, 4) is 11.4 Å². The van der Waals surface area contributed by atoms with Crippen molar-refractivity contribution >= 4 is 5.82 Å². The van der Waals surface area contributed by atoms with Gasteiger partial charge in [0.15, 0.2) is 5.82 Å². The first kappa shape index (κ1) is 15.4. The molecule has 0 fully saturated rings. The summed E-state index contributed by atoms with van der Waals surface area (Å²) in [6.45, 7) is 6.28. The zero-order valence-corrected chi connectivity index (χ0v) is 12.7. The molecular formula is C16H22N4O. The molecule has 0 aliphatic rings. The topological polar surface area (TPSA) is 70.9 Å². The molecule has 2 N–H and O–H groups in total. The average Bonchev–Trinajstić information content (AvgIpc) is 2.52. The maximum atomic E-state index is 9.46. The lowest BCUT2D eigenvalue weighted by Gasteiger charge is -2.21. The standard InChI is InChI=1S/C16H22N4O/c1-4-13-9-15(19-14(10-21)11(2)3)20-16(18-13)12-5-7-17-8-6-12/h5-9,11,14,21H,4,10H2,1-3H3,(H,18,19,20)/t14-/m1/s1. The summed E-state index contributed by atoms with van der Waals surface area (Å²) < 4.78 is 0. The quantitative estimate of drug-likeness (QED) is 0.854. The van der Waals surface area contributed by atoms with Crippen molar-refractivity contribution in [1.29, 1.82) is 0 Å². The lowest BCUT2D eigenvalue weighted by atomic mass is 10.1. The van der Waals surface area contributed by atoms with E-state index in [1.54, 1.807) is 12.4 Å². The normalized spacial score (nSPS) is 12.4. The summed E-state index contributed by atoms with van der Waals surface area (Å²) in [7, 11) is 0. The monoisotopic (exact) mass is 286 g/mol. The van der Waals surface area contributed by atoms with Crippen LogP contribution in [0.2, 0.25) is 0 Å². The number of hydrogen-bond donors (Lipinski definition) is 2. The van der Waals surface area contributed by atoms with Gasteiger partial charge in [-0.1, -0.05) is 20.8 Å². The number of nitrogens with one attached hydrogen (secondary N) is 1. The van der Waals surface area contributed by atoms with Gasteiger partial charge in [-0.05, 0) is 24.5 Å². The summed E-state index contributed by atoms with van der Waals surface area (Å²) in [4.78, 5) is 13.1. The lowest BCUT2D eigenvalue weighted by Crippen LogP contribution is -2.30. The van der Waals surface area contributed by atoms with E-state index in [0.717, 1.165) is 23.5 Å². The SMILES string of the molecule is CCc1cc(N[C@H](CO)C(C)C)nc(-c2ccncc2)n1. The molecule has 0 aromatic carbocycles. The first-order valence-electron chi connectivity index (χ1n) is 7.29. The molecule has 21 heavy (non-hydrogen) atoms. The predicted octanol–water partition coefficient (Wildman–Crippen LogP) is 2.53. The molecule has 2 aromatic rings. The van der Waals surface area contributed by atoms with Crippen molar-refractivity contribution < 1.29 is 5.11 Å². The van der Waals surface area contributed by atoms with Crippen molar-refractivity contribution in [2.24, 2.45) is 5.92 Å². The van der Waals surface area contributed by atoms with Crippen molar-refractivity contribution in [2.45, 2.75) is 33.2 Å². The van der Waals surface area contributed by atoms with E-state index in [4.69, 9.17) is 0 Å². The number of aliphatic hydroxyl groups excluding tert-OH is 1. The maximum absolute atomic E-state index is 9.46. The lowest BCUT2D eigenvalue weighted by molar-refractivity contribution is 0.249. The molecular weight excluding hydrogens is 264 g/mol. The number of aliphatic hydroxyl groups is 1. The minimum Gasteiger partial charge on any atom is -0.394 e. The Morgan fingerprint density at radius 1 is 1.19 bits per heavy atom. The molecule has 0 saturated carbocycles. The second kappa shape index (κ2) is 7.13. The maximum Gasteiger partial charge on any atom is 0.161 e. The molecule has 112 valence electrons. The molecule has 5 heteroatoms. The number of rotatable bonds is 6. The van der Waals surface area contributed by atoms with E-state index in [9.17, 15) is 5.11 Å². The number of hydrogen-bond acceptors (Lipinski definition) is 5. The molecule has 2 rings (SSSR count). The van der Waals surface area contributed by atoms with E-state index >= 15 is 0 Å². The van der Waals surface area contributed by atoms with E-state index in [-0.39, 0.29) is 12.6 Å². The number of pyridine rings is 1. The molecule has 0 amide bonds. The Kier molecular flexibility index (Phi) is 5.22. The zero-order chi connectivity index (χ0) is 15.2. The largest absolute Gasteiger partial charge is 0.394 e. The number of aryl methyl sites for hydroxylation is 1. The Labute approximate surface area is 125 Å². The van der Waals surface area contributed by atoms with Crippen molar-refractivity contribution in [3.63, 3.8) is 0 Å². The van der Waals surface area contributed by atoms with Crippen LogP contribution in [0.4, 0.5) is 5.82 Å². The highest BCUT2D eigenvalue weighted by atomic mass is 16.3. The van der Waals surface area contributed by atoms with Crippen LogP contribution in [-0.4, -0.2) is 32.7 Å². The van der Waals surface area contributed by atoms with E-state index in [2.05, 4.69) is 41.0 Å². The van der Waals surface area contributed by atoms with Gasteiger partial charge in [-0.15, -0.1) is 0 Å². The highest BCUT2D eigenvalue weighted by Gasteiger charge is 2.14. The van der Waals surface area contributed by atoms with Gasteiger partial charge >= 0.3 is 0 Å². The highest BCUT2D eigenvalue weighted by Crippen LogP contribution is 2.19. The Morgan fingerprint density at radius 3 is 2.48 bits per heavy atom. The molecule has 0 saturated heterocycles. The Bertz CT molecular complexity index is 572. The van der Waals surface area contributed by atoms with Gasteiger partial charge in [-0.3, -0.25) is 4.98 Å². The van der Waals surface area contributed by atoms with Gasteiger partial charge in [0.05, 0.1) is 12.6 Å². The van der Waals surface area contributed by atoms with Crippen molar-refractivity contribution in [1.82, 2.24) is 15.0 Å². The first-order valence-corrected chi connectivity index (χ1v) is 7.29. The fraction of sp³-hybridized carbons (Fsp3) is 0.438. The fourth-order valence-electron chi connectivity index (χ4n) is 2.00. The smallest absolute Gasteiger partial charge is 0.161 e. The minimum atomic E-state index is -0.0186. The van der Waals surface area contributed by atoms with Crippen LogP contribution in [0, 0.1) is 5.92 Å². The van der Waals surface area contributed by atoms with Gasteiger partial charge < -0.3 is 10.4 Å². The highest BCUT2D eigenvalue weighted by molar-refractivity contribution is 5.56. The van der Waals surface area contributed by atoms with Gasteiger partial charge in [0.25, 0.3) is 0 Å². The number of aromatic nitrogens is 3. The van der Waals surface area contributed by atoms with Crippen molar-refractivity contribution in [3.05, 3.63) is 36.3 Å². The molecule has 1 atom stereocenters. The van der Waals surface area contributed by atoms with E-state index < -0.39 is 0 Å². The molecule has 0 aliphatic heterocycles. The second-order valence-electron chi connectivity index (χ2n) is 5.33. The van der Waals surface area contributed by atoms with E-state index in [0.29, 0.717) is 11.7 Å². The predicted molar refractivity (Wildman–Crippen MR) is 84.0 cm³/mol. The molecule has 0 radical (unpaired) electrons. The number of anilines is 1. The van der Waals surface area contributed by atoms with Crippen LogP contribution in [0.1, 0.15) is 26.5 Å². The minimum absolute atomic E-state index is 0.0186. The summed E-state index contributed by atoms with van der Waals surface area (Å²) in [6.07, 6.45) is 4.30. The van der Waals surface area contributed by atoms with Crippen LogP contribution < -0.4 is 5.32 Å². The van der Waals surface area contributed by atoms with Gasteiger partial charge in [0.2, 0.25) is 0 Å².